The summed E-state index contributed by atoms with van der Waals surface area (Å²) in [6.07, 6.45) is 4.08. The fourth-order valence-corrected chi connectivity index (χ4v) is 2.39. The van der Waals surface area contributed by atoms with E-state index in [0.717, 1.165) is 0 Å². The molecule has 2 aromatic heterocycles. The van der Waals surface area contributed by atoms with Crippen molar-refractivity contribution in [1.29, 1.82) is 0 Å². The zero-order valence-electron chi connectivity index (χ0n) is 10.5. The lowest BCUT2D eigenvalue weighted by atomic mass is 10.3. The number of aryl methyl sites for hydroxylation is 1. The van der Waals surface area contributed by atoms with E-state index in [1.54, 1.807) is 32.3 Å². The molecule has 0 aromatic carbocycles. The SMILES string of the molecule is CNc1ncc(S(=O)(=O)Nc2cccnc2C)cn1. The molecule has 0 atom stereocenters. The molecule has 2 heterocycles. The van der Waals surface area contributed by atoms with Crippen molar-refractivity contribution >= 4 is 21.7 Å². The molecule has 0 aliphatic heterocycles. The molecule has 19 heavy (non-hydrogen) atoms. The maximum atomic E-state index is 12.1. The monoisotopic (exact) mass is 279 g/mol. The summed E-state index contributed by atoms with van der Waals surface area (Å²) in [5, 5.41) is 2.72. The molecule has 7 nitrogen and oxygen atoms in total. The van der Waals surface area contributed by atoms with Gasteiger partial charge in [0.2, 0.25) is 5.95 Å². The zero-order chi connectivity index (χ0) is 13.9. The van der Waals surface area contributed by atoms with E-state index >= 15 is 0 Å². The molecule has 8 heteroatoms. The second kappa shape index (κ2) is 5.19. The number of nitrogens with one attached hydrogen (secondary N) is 2. The van der Waals surface area contributed by atoms with Crippen molar-refractivity contribution in [3.05, 3.63) is 36.4 Å². The van der Waals surface area contributed by atoms with Crippen molar-refractivity contribution in [2.75, 3.05) is 17.1 Å². The summed E-state index contributed by atoms with van der Waals surface area (Å²) in [6.45, 7) is 1.72. The summed E-state index contributed by atoms with van der Waals surface area (Å²) in [6, 6.07) is 3.30. The maximum absolute atomic E-state index is 12.1. The van der Waals surface area contributed by atoms with E-state index in [9.17, 15) is 8.42 Å². The lowest BCUT2D eigenvalue weighted by Gasteiger charge is -2.09. The lowest BCUT2D eigenvalue weighted by molar-refractivity contribution is 0.600. The lowest BCUT2D eigenvalue weighted by Crippen LogP contribution is -2.15. The van der Waals surface area contributed by atoms with Gasteiger partial charge in [-0.1, -0.05) is 0 Å². The van der Waals surface area contributed by atoms with E-state index in [1.807, 2.05) is 0 Å². The number of pyridine rings is 1. The number of anilines is 2. The highest BCUT2D eigenvalue weighted by molar-refractivity contribution is 7.92. The fourth-order valence-electron chi connectivity index (χ4n) is 1.38. The van der Waals surface area contributed by atoms with Crippen LogP contribution in [0.25, 0.3) is 0 Å². The van der Waals surface area contributed by atoms with Crippen LogP contribution in [0, 0.1) is 6.92 Å². The first kappa shape index (κ1) is 13.2. The van der Waals surface area contributed by atoms with E-state index in [1.165, 1.54) is 12.4 Å². The molecular weight excluding hydrogens is 266 g/mol. The largest absolute Gasteiger partial charge is 0.357 e. The Kier molecular flexibility index (Phi) is 3.61. The topological polar surface area (TPSA) is 96.9 Å². The van der Waals surface area contributed by atoms with Crippen LogP contribution >= 0.6 is 0 Å². The molecule has 0 saturated carbocycles. The van der Waals surface area contributed by atoms with Gasteiger partial charge < -0.3 is 5.32 Å². The summed E-state index contributed by atoms with van der Waals surface area (Å²) in [5.41, 5.74) is 1.03. The van der Waals surface area contributed by atoms with Crippen LogP contribution < -0.4 is 10.0 Å². The van der Waals surface area contributed by atoms with E-state index in [0.29, 0.717) is 17.3 Å². The Hall–Kier alpha value is -2.22. The van der Waals surface area contributed by atoms with Gasteiger partial charge in [-0.15, -0.1) is 0 Å². The van der Waals surface area contributed by atoms with Crippen LogP contribution in [0.3, 0.4) is 0 Å². The van der Waals surface area contributed by atoms with E-state index in [2.05, 4.69) is 25.0 Å². The minimum absolute atomic E-state index is 0.00486. The van der Waals surface area contributed by atoms with Crippen LogP contribution in [-0.2, 0) is 10.0 Å². The molecule has 2 N–H and O–H groups in total. The van der Waals surface area contributed by atoms with Gasteiger partial charge >= 0.3 is 0 Å². The number of nitrogens with zero attached hydrogens (tertiary/aromatic N) is 3. The Morgan fingerprint density at radius 1 is 1.16 bits per heavy atom. The van der Waals surface area contributed by atoms with Gasteiger partial charge in [-0.3, -0.25) is 9.71 Å². The van der Waals surface area contributed by atoms with Gasteiger partial charge in [0, 0.05) is 13.2 Å². The Morgan fingerprint density at radius 2 is 1.84 bits per heavy atom. The average molecular weight is 279 g/mol. The van der Waals surface area contributed by atoms with Crippen molar-refractivity contribution in [3.63, 3.8) is 0 Å². The zero-order valence-corrected chi connectivity index (χ0v) is 11.3. The molecule has 0 aliphatic carbocycles. The Morgan fingerprint density at radius 3 is 2.42 bits per heavy atom. The second-order valence-corrected chi connectivity index (χ2v) is 5.42. The van der Waals surface area contributed by atoms with Crippen LogP contribution in [0.5, 0.6) is 0 Å². The molecule has 0 aliphatic rings. The Balaban J connectivity index is 2.30. The summed E-state index contributed by atoms with van der Waals surface area (Å²) < 4.78 is 26.7. The van der Waals surface area contributed by atoms with Crippen molar-refractivity contribution < 1.29 is 8.42 Å². The molecule has 2 rings (SSSR count). The smallest absolute Gasteiger partial charge is 0.265 e. The van der Waals surface area contributed by atoms with Gasteiger partial charge in [-0.05, 0) is 19.1 Å². The van der Waals surface area contributed by atoms with Gasteiger partial charge in [0.05, 0.1) is 23.8 Å². The summed E-state index contributed by atoms with van der Waals surface area (Å²) in [7, 11) is -2.05. The van der Waals surface area contributed by atoms with Gasteiger partial charge in [-0.2, -0.15) is 0 Å². The number of rotatable bonds is 4. The molecule has 0 fully saturated rings. The highest BCUT2D eigenvalue weighted by Gasteiger charge is 2.16. The van der Waals surface area contributed by atoms with E-state index in [4.69, 9.17) is 0 Å². The summed E-state index contributed by atoms with van der Waals surface area (Å²) in [5.74, 6) is 0.358. The maximum Gasteiger partial charge on any atom is 0.265 e. The second-order valence-electron chi connectivity index (χ2n) is 3.73. The predicted molar refractivity (Wildman–Crippen MR) is 71.4 cm³/mol. The molecule has 0 radical (unpaired) electrons. The molecule has 2 aromatic rings. The molecule has 0 spiro atoms. The third-order valence-electron chi connectivity index (χ3n) is 2.41. The summed E-state index contributed by atoms with van der Waals surface area (Å²) in [4.78, 5) is 11.8. The minimum atomic E-state index is -3.70. The first-order valence-corrected chi connectivity index (χ1v) is 6.95. The van der Waals surface area contributed by atoms with Crippen molar-refractivity contribution in [2.24, 2.45) is 0 Å². The number of sulfonamides is 1. The van der Waals surface area contributed by atoms with Gasteiger partial charge in [0.15, 0.2) is 0 Å². The van der Waals surface area contributed by atoms with E-state index in [-0.39, 0.29) is 4.90 Å². The summed E-state index contributed by atoms with van der Waals surface area (Å²) >= 11 is 0. The van der Waals surface area contributed by atoms with Crippen LogP contribution in [-0.4, -0.2) is 30.4 Å². The Labute approximate surface area is 111 Å². The van der Waals surface area contributed by atoms with E-state index < -0.39 is 10.0 Å². The highest BCUT2D eigenvalue weighted by Crippen LogP contribution is 2.17. The molecular formula is C11H13N5O2S. The molecule has 0 saturated heterocycles. The number of hydrogen-bond acceptors (Lipinski definition) is 6. The fraction of sp³-hybridized carbons (Fsp3) is 0.182. The van der Waals surface area contributed by atoms with Crippen molar-refractivity contribution in [1.82, 2.24) is 15.0 Å². The third-order valence-corrected chi connectivity index (χ3v) is 3.73. The quantitative estimate of drug-likeness (QED) is 0.867. The van der Waals surface area contributed by atoms with Crippen molar-refractivity contribution in [2.45, 2.75) is 11.8 Å². The van der Waals surface area contributed by atoms with Gasteiger partial charge in [0.1, 0.15) is 4.90 Å². The van der Waals surface area contributed by atoms with Crippen molar-refractivity contribution in [3.8, 4) is 0 Å². The normalized spacial score (nSPS) is 11.1. The molecule has 0 unspecified atom stereocenters. The first-order valence-electron chi connectivity index (χ1n) is 5.47. The van der Waals surface area contributed by atoms with Gasteiger partial charge in [0.25, 0.3) is 10.0 Å². The Bertz CT molecular complexity index is 670. The van der Waals surface area contributed by atoms with Gasteiger partial charge in [-0.25, -0.2) is 18.4 Å². The van der Waals surface area contributed by atoms with Crippen LogP contribution in [0.2, 0.25) is 0 Å². The number of hydrogen-bond donors (Lipinski definition) is 2. The predicted octanol–water partition coefficient (Wildman–Crippen LogP) is 1.02. The first-order chi connectivity index (χ1) is 9.03. The van der Waals surface area contributed by atoms with Crippen LogP contribution in [0.4, 0.5) is 11.6 Å². The average Bonchev–Trinajstić information content (AvgIpc) is 2.41. The molecule has 0 bridgehead atoms. The molecule has 0 amide bonds. The van der Waals surface area contributed by atoms with Crippen LogP contribution in [0.15, 0.2) is 35.6 Å². The minimum Gasteiger partial charge on any atom is -0.357 e. The standard InChI is InChI=1S/C11H13N5O2S/c1-8-10(4-3-5-13-8)16-19(17,18)9-6-14-11(12-2)15-7-9/h3-7,16H,1-2H3,(H,12,14,15). The van der Waals surface area contributed by atoms with Crippen LogP contribution in [0.1, 0.15) is 5.69 Å². The third kappa shape index (κ3) is 2.97. The highest BCUT2D eigenvalue weighted by atomic mass is 32.2. The number of aromatic nitrogens is 3. The molecule has 100 valence electrons.